The Morgan fingerprint density at radius 1 is 1.39 bits per heavy atom. The number of hydrogen-bond acceptors (Lipinski definition) is 6. The Morgan fingerprint density at radius 3 is 2.93 bits per heavy atom. The fourth-order valence-corrected chi connectivity index (χ4v) is 3.75. The highest BCUT2D eigenvalue weighted by Gasteiger charge is 2.33. The van der Waals surface area contributed by atoms with Crippen molar-refractivity contribution >= 4 is 23.5 Å². The number of aromatic amines is 1. The quantitative estimate of drug-likeness (QED) is 0.400. The standard InChI is InChI=1S/C20H23N3O4S/c1-4-9-27-17-12(7-6-8-14(17)26-3)13-11-15(24)21-18-16(13)19(25)23-20(22-18)28-10-5-2/h5-8,13H,2,4,9-11H2,1,3H3,(H2,21,22,23,24,25). The molecule has 7 nitrogen and oxygen atoms in total. The lowest BCUT2D eigenvalue weighted by atomic mass is 9.86. The van der Waals surface area contributed by atoms with E-state index in [1.807, 2.05) is 19.1 Å². The zero-order chi connectivity index (χ0) is 20.1. The van der Waals surface area contributed by atoms with Crippen LogP contribution in [0.5, 0.6) is 11.5 Å². The van der Waals surface area contributed by atoms with Crippen LogP contribution in [0.1, 0.15) is 36.8 Å². The van der Waals surface area contributed by atoms with Crippen molar-refractivity contribution in [1.82, 2.24) is 9.97 Å². The number of carbonyl (C=O) groups is 1. The third kappa shape index (κ3) is 4.06. The highest BCUT2D eigenvalue weighted by molar-refractivity contribution is 7.99. The molecule has 0 fully saturated rings. The van der Waals surface area contributed by atoms with E-state index in [0.29, 0.717) is 40.4 Å². The van der Waals surface area contributed by atoms with Gasteiger partial charge in [-0.3, -0.25) is 9.59 Å². The molecule has 1 aliphatic rings. The van der Waals surface area contributed by atoms with E-state index < -0.39 is 5.92 Å². The van der Waals surface area contributed by atoms with Gasteiger partial charge in [-0.05, 0) is 12.5 Å². The predicted octanol–water partition coefficient (Wildman–Crippen LogP) is 3.32. The average Bonchev–Trinajstić information content (AvgIpc) is 2.69. The lowest BCUT2D eigenvalue weighted by Crippen LogP contribution is -2.31. The SMILES string of the molecule is C=CCSc1nc2c(c(=O)[nH]1)C(c1cccc(OC)c1OCCC)CC(=O)N2. The van der Waals surface area contributed by atoms with Crippen molar-refractivity contribution in [2.45, 2.75) is 30.8 Å². The van der Waals surface area contributed by atoms with E-state index in [9.17, 15) is 9.59 Å². The van der Waals surface area contributed by atoms with Crippen molar-refractivity contribution in [1.29, 1.82) is 0 Å². The molecule has 1 atom stereocenters. The second kappa shape index (κ2) is 8.97. The number of aromatic nitrogens is 2. The third-order valence-corrected chi connectivity index (χ3v) is 5.19. The lowest BCUT2D eigenvalue weighted by molar-refractivity contribution is -0.116. The molecule has 1 aromatic heterocycles. The number of benzene rings is 1. The Hall–Kier alpha value is -2.74. The number of amides is 1. The Labute approximate surface area is 167 Å². The zero-order valence-electron chi connectivity index (χ0n) is 15.9. The summed E-state index contributed by atoms with van der Waals surface area (Å²) in [4.78, 5) is 32.5. The van der Waals surface area contributed by atoms with E-state index >= 15 is 0 Å². The number of ether oxygens (including phenoxy) is 2. The first-order valence-electron chi connectivity index (χ1n) is 9.06. The van der Waals surface area contributed by atoms with E-state index in [1.165, 1.54) is 11.8 Å². The minimum absolute atomic E-state index is 0.132. The normalized spacial score (nSPS) is 15.5. The maximum atomic E-state index is 12.9. The summed E-state index contributed by atoms with van der Waals surface area (Å²) in [6.07, 6.45) is 2.68. The van der Waals surface area contributed by atoms with Crippen LogP contribution in [-0.2, 0) is 4.79 Å². The van der Waals surface area contributed by atoms with Gasteiger partial charge >= 0.3 is 0 Å². The Kier molecular flexibility index (Phi) is 6.41. The average molecular weight is 401 g/mol. The van der Waals surface area contributed by atoms with Gasteiger partial charge in [-0.1, -0.05) is 36.9 Å². The molecule has 148 valence electrons. The van der Waals surface area contributed by atoms with Crippen LogP contribution >= 0.6 is 11.8 Å². The molecule has 3 rings (SSSR count). The number of H-pyrrole nitrogens is 1. The third-order valence-electron chi connectivity index (χ3n) is 4.32. The van der Waals surface area contributed by atoms with Crippen molar-refractivity contribution in [3.05, 3.63) is 52.3 Å². The molecule has 1 unspecified atom stereocenters. The van der Waals surface area contributed by atoms with E-state index in [0.717, 1.165) is 12.0 Å². The van der Waals surface area contributed by atoms with Crippen LogP contribution in [0.25, 0.3) is 0 Å². The van der Waals surface area contributed by atoms with Gasteiger partial charge in [0.2, 0.25) is 5.91 Å². The molecular weight excluding hydrogens is 378 g/mol. The molecule has 1 amide bonds. The van der Waals surface area contributed by atoms with Gasteiger partial charge in [-0.15, -0.1) is 6.58 Å². The van der Waals surface area contributed by atoms with Gasteiger partial charge < -0.3 is 19.8 Å². The van der Waals surface area contributed by atoms with E-state index in [1.54, 1.807) is 19.3 Å². The fraction of sp³-hybridized carbons (Fsp3) is 0.350. The first-order valence-corrected chi connectivity index (χ1v) is 10.0. The maximum Gasteiger partial charge on any atom is 0.257 e. The maximum absolute atomic E-state index is 12.9. The molecule has 0 saturated heterocycles. The Balaban J connectivity index is 2.11. The highest BCUT2D eigenvalue weighted by Crippen LogP contribution is 2.42. The summed E-state index contributed by atoms with van der Waals surface area (Å²) in [5.74, 6) is 1.35. The van der Waals surface area contributed by atoms with E-state index in [-0.39, 0.29) is 17.9 Å². The van der Waals surface area contributed by atoms with Crippen LogP contribution in [-0.4, -0.2) is 35.3 Å². The number of carbonyl (C=O) groups excluding carboxylic acids is 1. The molecule has 8 heteroatoms. The molecule has 2 aromatic rings. The van der Waals surface area contributed by atoms with Gasteiger partial charge in [0.25, 0.3) is 5.56 Å². The predicted molar refractivity (Wildman–Crippen MR) is 110 cm³/mol. The Bertz CT molecular complexity index is 942. The molecule has 0 radical (unpaired) electrons. The molecule has 2 N–H and O–H groups in total. The molecule has 1 aromatic carbocycles. The largest absolute Gasteiger partial charge is 0.493 e. The molecule has 0 bridgehead atoms. The lowest BCUT2D eigenvalue weighted by Gasteiger charge is -2.26. The highest BCUT2D eigenvalue weighted by atomic mass is 32.2. The van der Waals surface area contributed by atoms with Gasteiger partial charge in [0.05, 0.1) is 19.3 Å². The molecular formula is C20H23N3O4S. The molecule has 0 spiro atoms. The number of nitrogens with one attached hydrogen (secondary N) is 2. The summed E-state index contributed by atoms with van der Waals surface area (Å²) in [5, 5.41) is 3.17. The van der Waals surface area contributed by atoms with Crippen molar-refractivity contribution in [3.63, 3.8) is 0 Å². The van der Waals surface area contributed by atoms with Crippen LogP contribution in [0.4, 0.5) is 5.82 Å². The van der Waals surface area contributed by atoms with Gasteiger partial charge in [-0.25, -0.2) is 4.98 Å². The van der Waals surface area contributed by atoms with E-state index in [4.69, 9.17) is 9.47 Å². The summed E-state index contributed by atoms with van der Waals surface area (Å²) < 4.78 is 11.4. The number of anilines is 1. The summed E-state index contributed by atoms with van der Waals surface area (Å²) in [6, 6.07) is 5.49. The van der Waals surface area contributed by atoms with Gasteiger partial charge in [0, 0.05) is 23.7 Å². The monoisotopic (exact) mass is 401 g/mol. The molecule has 28 heavy (non-hydrogen) atoms. The summed E-state index contributed by atoms with van der Waals surface area (Å²) in [7, 11) is 1.57. The number of hydrogen-bond donors (Lipinski definition) is 2. The zero-order valence-corrected chi connectivity index (χ0v) is 16.7. The molecule has 1 aliphatic heterocycles. The summed E-state index contributed by atoms with van der Waals surface area (Å²) in [5.41, 5.74) is 0.894. The number of para-hydroxylation sites is 1. The van der Waals surface area contributed by atoms with E-state index in [2.05, 4.69) is 21.9 Å². The van der Waals surface area contributed by atoms with Gasteiger partial charge in [0.1, 0.15) is 5.82 Å². The number of nitrogens with zero attached hydrogens (tertiary/aromatic N) is 1. The number of thioether (sulfide) groups is 1. The topological polar surface area (TPSA) is 93.3 Å². The van der Waals surface area contributed by atoms with Crippen molar-refractivity contribution in [2.75, 3.05) is 24.8 Å². The summed E-state index contributed by atoms with van der Waals surface area (Å²) in [6.45, 7) is 6.18. The fourth-order valence-electron chi connectivity index (χ4n) is 3.15. The molecule has 0 aliphatic carbocycles. The van der Waals surface area contributed by atoms with Crippen molar-refractivity contribution in [2.24, 2.45) is 0 Å². The molecule has 0 saturated carbocycles. The van der Waals surface area contributed by atoms with Crippen LogP contribution in [0.15, 0.2) is 40.8 Å². The van der Waals surface area contributed by atoms with Crippen LogP contribution in [0, 0.1) is 0 Å². The smallest absolute Gasteiger partial charge is 0.257 e. The second-order valence-corrected chi connectivity index (χ2v) is 7.27. The molecule has 2 heterocycles. The first kappa shape index (κ1) is 20.0. The van der Waals surface area contributed by atoms with Crippen LogP contribution in [0.2, 0.25) is 0 Å². The van der Waals surface area contributed by atoms with Crippen molar-refractivity contribution in [3.8, 4) is 11.5 Å². The van der Waals surface area contributed by atoms with Gasteiger partial charge in [0.15, 0.2) is 16.7 Å². The number of methoxy groups -OCH3 is 1. The minimum atomic E-state index is -0.472. The Morgan fingerprint density at radius 2 is 2.21 bits per heavy atom. The first-order chi connectivity index (χ1) is 13.6. The number of rotatable bonds is 8. The van der Waals surface area contributed by atoms with Gasteiger partial charge in [-0.2, -0.15) is 0 Å². The second-order valence-electron chi connectivity index (χ2n) is 6.27. The number of fused-ring (bicyclic) bond motifs is 1. The minimum Gasteiger partial charge on any atom is -0.493 e. The van der Waals surface area contributed by atoms with Crippen LogP contribution in [0.3, 0.4) is 0 Å². The summed E-state index contributed by atoms with van der Waals surface area (Å²) >= 11 is 1.35. The van der Waals surface area contributed by atoms with Crippen LogP contribution < -0.4 is 20.3 Å². The van der Waals surface area contributed by atoms with Crippen molar-refractivity contribution < 1.29 is 14.3 Å².